The molecule has 4 N–H and O–H groups in total. The average Bonchev–Trinajstić information content (AvgIpc) is 1.86. The predicted octanol–water partition coefficient (Wildman–Crippen LogP) is -1.22. The van der Waals surface area contributed by atoms with E-state index < -0.39 is 25.0 Å². The van der Waals surface area contributed by atoms with E-state index in [0.717, 1.165) is 0 Å². The normalized spacial score (nSPS) is 19.0. The van der Waals surface area contributed by atoms with Crippen molar-refractivity contribution in [3.8, 4) is 0 Å². The van der Waals surface area contributed by atoms with Crippen LogP contribution in [0.3, 0.4) is 0 Å². The molecule has 8 heavy (non-hydrogen) atoms. The molecule has 4 heteroatoms. The molecule has 0 saturated carbocycles. The number of hydrogen-bond donors (Lipinski definition) is 3. The van der Waals surface area contributed by atoms with E-state index in [9.17, 15) is 4.79 Å². The first-order valence-corrected chi connectivity index (χ1v) is 1.99. The lowest BCUT2D eigenvalue weighted by Gasteiger charge is -2.13. The fraction of sp³-hybridized carbons (Fsp3) is 0.750. The Labute approximate surface area is 48.3 Å². The molecule has 0 aromatic carbocycles. The van der Waals surface area contributed by atoms with Gasteiger partial charge in [0.2, 0.25) is 0 Å². The lowest BCUT2D eigenvalue weighted by Crippen LogP contribution is -2.48. The molecule has 0 aromatic heterocycles. The van der Waals surface area contributed by atoms with E-state index in [-0.39, 0.29) is 0 Å². The molecule has 0 rings (SSSR count). The molecule has 0 aliphatic rings. The highest BCUT2D eigenvalue weighted by molar-refractivity contribution is 5.77. The largest absolute Gasteiger partial charge is 0.480 e. The van der Waals surface area contributed by atoms with Crippen molar-refractivity contribution >= 4 is 5.97 Å². The predicted molar refractivity (Wildman–Crippen MR) is 27.3 cm³/mol. The number of aliphatic carboxylic acids is 1. The number of rotatable bonds is 2. The monoisotopic (exact) mass is 120 g/mol. The number of carboxylic acid groups (broad SMARTS) is 1. The first-order valence-electron chi connectivity index (χ1n) is 2.70. The molecule has 0 aliphatic heterocycles. The van der Waals surface area contributed by atoms with Gasteiger partial charge < -0.3 is 15.9 Å². The summed E-state index contributed by atoms with van der Waals surface area (Å²) in [7, 11) is 0. The maximum atomic E-state index is 10.1. The lowest BCUT2D eigenvalue weighted by molar-refractivity contribution is -0.144. The number of hydrogen-bond acceptors (Lipinski definition) is 3. The van der Waals surface area contributed by atoms with Crippen LogP contribution in [-0.4, -0.2) is 28.3 Å². The standard InChI is InChI=1S/C4H9NO3/c1-4(5,2-6)3(7)8/h6H,2,5H2,1H3,(H,7,8)/t4-/m0/s1/i1D. The summed E-state index contributed by atoms with van der Waals surface area (Å²) in [6, 6.07) is 0. The molecule has 0 aromatic rings. The third-order valence-electron chi connectivity index (χ3n) is 0.708. The lowest BCUT2D eigenvalue weighted by atomic mass is 10.1. The first-order chi connectivity index (χ1) is 4.06. The fourth-order valence-electron chi connectivity index (χ4n) is 0.0676. The van der Waals surface area contributed by atoms with Gasteiger partial charge in [0.1, 0.15) is 5.54 Å². The molecule has 0 saturated heterocycles. The highest BCUT2D eigenvalue weighted by Gasteiger charge is 2.25. The van der Waals surface area contributed by atoms with Gasteiger partial charge in [-0.2, -0.15) is 0 Å². The van der Waals surface area contributed by atoms with E-state index in [2.05, 4.69) is 0 Å². The summed E-state index contributed by atoms with van der Waals surface area (Å²) in [5.41, 5.74) is 3.22. The van der Waals surface area contributed by atoms with Gasteiger partial charge in [0, 0.05) is 1.37 Å². The van der Waals surface area contributed by atoms with Crippen molar-refractivity contribution in [2.24, 2.45) is 5.73 Å². The summed E-state index contributed by atoms with van der Waals surface area (Å²) in [5.74, 6) is -1.35. The molecule has 1 atom stereocenters. The molecule has 0 fully saturated rings. The van der Waals surface area contributed by atoms with Gasteiger partial charge in [-0.25, -0.2) is 0 Å². The Bertz CT molecular complexity index is 112. The van der Waals surface area contributed by atoms with Crippen LogP contribution in [0.25, 0.3) is 0 Å². The van der Waals surface area contributed by atoms with E-state index in [0.29, 0.717) is 0 Å². The molecular weight excluding hydrogens is 110 g/mol. The third kappa shape index (κ3) is 1.48. The maximum absolute atomic E-state index is 10.1. The Hall–Kier alpha value is -0.610. The van der Waals surface area contributed by atoms with Crippen LogP contribution in [0.5, 0.6) is 0 Å². The van der Waals surface area contributed by atoms with Gasteiger partial charge in [-0.3, -0.25) is 4.79 Å². The number of carboxylic acids is 1. The molecule has 0 amide bonds. The Morgan fingerprint density at radius 3 is 2.62 bits per heavy atom. The number of aliphatic hydroxyl groups excluding tert-OH is 1. The summed E-state index contributed by atoms with van der Waals surface area (Å²) < 4.78 is 6.62. The maximum Gasteiger partial charge on any atom is 0.325 e. The summed E-state index contributed by atoms with van der Waals surface area (Å²) in [6.45, 7) is -1.22. The van der Waals surface area contributed by atoms with Gasteiger partial charge in [0.25, 0.3) is 0 Å². The van der Waals surface area contributed by atoms with Crippen molar-refractivity contribution in [1.82, 2.24) is 0 Å². The van der Waals surface area contributed by atoms with Crippen molar-refractivity contribution in [3.05, 3.63) is 0 Å². The SMILES string of the molecule is [2H]C[C@](N)(CO)C(=O)O. The Balaban J connectivity index is 4.09. The van der Waals surface area contributed by atoms with Crippen LogP contribution < -0.4 is 5.73 Å². The zero-order valence-corrected chi connectivity index (χ0v) is 4.29. The van der Waals surface area contributed by atoms with Gasteiger partial charge in [-0.05, 0) is 6.90 Å². The van der Waals surface area contributed by atoms with Crippen molar-refractivity contribution in [1.29, 1.82) is 0 Å². The van der Waals surface area contributed by atoms with Gasteiger partial charge in [0.15, 0.2) is 0 Å². The highest BCUT2D eigenvalue weighted by Crippen LogP contribution is 1.94. The van der Waals surface area contributed by atoms with Crippen LogP contribution in [0.15, 0.2) is 0 Å². The Morgan fingerprint density at radius 2 is 2.62 bits per heavy atom. The number of nitrogens with two attached hydrogens (primary N) is 1. The van der Waals surface area contributed by atoms with Gasteiger partial charge in [-0.1, -0.05) is 0 Å². The molecule has 0 bridgehead atoms. The summed E-state index contributed by atoms with van der Waals surface area (Å²) in [6.07, 6.45) is 0. The van der Waals surface area contributed by atoms with E-state index in [1.807, 2.05) is 0 Å². The van der Waals surface area contributed by atoms with Crippen LogP contribution in [0, 0.1) is 0 Å². The van der Waals surface area contributed by atoms with E-state index >= 15 is 0 Å². The second-order valence-corrected chi connectivity index (χ2v) is 1.62. The average molecular weight is 120 g/mol. The third-order valence-corrected chi connectivity index (χ3v) is 0.708. The summed E-state index contributed by atoms with van der Waals surface area (Å²) >= 11 is 0. The quantitative estimate of drug-likeness (QED) is 0.426. The van der Waals surface area contributed by atoms with Crippen molar-refractivity contribution in [3.63, 3.8) is 0 Å². The molecule has 0 aliphatic carbocycles. The number of aliphatic hydroxyl groups is 1. The molecule has 48 valence electrons. The van der Waals surface area contributed by atoms with Crippen molar-refractivity contribution in [2.45, 2.75) is 12.4 Å². The Kier molecular flexibility index (Phi) is 1.45. The van der Waals surface area contributed by atoms with Gasteiger partial charge in [-0.15, -0.1) is 0 Å². The van der Waals surface area contributed by atoms with Crippen LogP contribution >= 0.6 is 0 Å². The second-order valence-electron chi connectivity index (χ2n) is 1.62. The van der Waals surface area contributed by atoms with Crippen LogP contribution in [0.2, 0.25) is 0 Å². The van der Waals surface area contributed by atoms with Crippen LogP contribution in [0.4, 0.5) is 0 Å². The molecule has 4 nitrogen and oxygen atoms in total. The molecule has 0 spiro atoms. The van der Waals surface area contributed by atoms with E-state index in [1.54, 1.807) is 0 Å². The smallest absolute Gasteiger partial charge is 0.325 e. The Morgan fingerprint density at radius 1 is 2.12 bits per heavy atom. The van der Waals surface area contributed by atoms with Crippen molar-refractivity contribution < 1.29 is 16.4 Å². The molecular formula is C4H9NO3. The molecule has 0 unspecified atom stereocenters. The van der Waals surface area contributed by atoms with E-state index in [1.165, 1.54) is 0 Å². The minimum absolute atomic E-state index is 0.515. The van der Waals surface area contributed by atoms with Crippen molar-refractivity contribution in [2.75, 3.05) is 6.61 Å². The zero-order chi connectivity index (χ0) is 7.49. The summed E-state index contributed by atoms with van der Waals surface area (Å²) in [4.78, 5) is 10.1. The first kappa shape index (κ1) is 5.53. The number of carbonyl (C=O) groups is 1. The minimum Gasteiger partial charge on any atom is -0.480 e. The van der Waals surface area contributed by atoms with Crippen LogP contribution in [-0.2, 0) is 4.79 Å². The highest BCUT2D eigenvalue weighted by atomic mass is 16.4. The van der Waals surface area contributed by atoms with E-state index in [4.69, 9.17) is 17.3 Å². The fourth-order valence-corrected chi connectivity index (χ4v) is 0.0676. The molecule has 0 heterocycles. The molecule has 0 radical (unpaired) electrons. The topological polar surface area (TPSA) is 83.5 Å². The summed E-state index contributed by atoms with van der Waals surface area (Å²) in [5, 5.41) is 16.6. The zero-order valence-electron chi connectivity index (χ0n) is 5.29. The van der Waals surface area contributed by atoms with Crippen LogP contribution in [0.1, 0.15) is 8.27 Å². The van der Waals surface area contributed by atoms with Gasteiger partial charge in [0.05, 0.1) is 6.61 Å². The van der Waals surface area contributed by atoms with Gasteiger partial charge >= 0.3 is 5.97 Å². The minimum atomic E-state index is -1.78. The second kappa shape index (κ2) is 2.11.